The second kappa shape index (κ2) is 5.36. The van der Waals surface area contributed by atoms with Gasteiger partial charge < -0.3 is 15.5 Å². The standard InChI is InChI=1S/C11H12F3NO3/c1-15-8(10(17)18)9(16)6-2-4-7(5-3-6)11(12,13)14/h2-5,8-9,15-16H,1H3,(H,17,18)/t8?,9-/m1/s1. The van der Waals surface area contributed by atoms with Crippen molar-refractivity contribution in [3.63, 3.8) is 0 Å². The molecule has 0 radical (unpaired) electrons. The van der Waals surface area contributed by atoms with Crippen LogP contribution in [0.15, 0.2) is 24.3 Å². The van der Waals surface area contributed by atoms with E-state index < -0.39 is 29.9 Å². The van der Waals surface area contributed by atoms with Crippen molar-refractivity contribution < 1.29 is 28.2 Å². The Morgan fingerprint density at radius 3 is 2.11 bits per heavy atom. The molecule has 0 amide bonds. The number of alkyl halides is 3. The SMILES string of the molecule is CNC(C(=O)O)[C@H](O)c1ccc(C(F)(F)F)cc1. The number of hydrogen-bond acceptors (Lipinski definition) is 3. The van der Waals surface area contributed by atoms with E-state index in [1.807, 2.05) is 0 Å². The molecule has 1 aromatic carbocycles. The Labute approximate surface area is 101 Å². The third kappa shape index (κ3) is 3.21. The Morgan fingerprint density at radius 2 is 1.78 bits per heavy atom. The molecule has 0 aromatic heterocycles. The minimum Gasteiger partial charge on any atom is -0.480 e. The molecule has 7 heteroatoms. The van der Waals surface area contributed by atoms with Crippen LogP contribution in [0.25, 0.3) is 0 Å². The normalized spacial score (nSPS) is 15.2. The van der Waals surface area contributed by atoms with Gasteiger partial charge in [0.25, 0.3) is 0 Å². The zero-order valence-electron chi connectivity index (χ0n) is 9.40. The van der Waals surface area contributed by atoms with Gasteiger partial charge in [-0.1, -0.05) is 12.1 Å². The topological polar surface area (TPSA) is 69.6 Å². The molecule has 4 nitrogen and oxygen atoms in total. The Bertz CT molecular complexity index is 417. The number of carboxylic acid groups (broad SMARTS) is 1. The van der Waals surface area contributed by atoms with Crippen molar-refractivity contribution in [2.24, 2.45) is 0 Å². The first-order valence-electron chi connectivity index (χ1n) is 5.02. The lowest BCUT2D eigenvalue weighted by Gasteiger charge is -2.19. The largest absolute Gasteiger partial charge is 0.480 e. The monoisotopic (exact) mass is 263 g/mol. The fourth-order valence-corrected chi connectivity index (χ4v) is 1.48. The molecule has 1 unspecified atom stereocenters. The molecule has 1 aromatic rings. The highest BCUT2D eigenvalue weighted by Crippen LogP contribution is 2.30. The number of likely N-dealkylation sites (N-methyl/N-ethyl adjacent to an activating group) is 1. The van der Waals surface area contributed by atoms with E-state index in [1.54, 1.807) is 0 Å². The van der Waals surface area contributed by atoms with Crippen LogP contribution in [0.4, 0.5) is 13.2 Å². The first kappa shape index (κ1) is 14.5. The number of carboxylic acids is 1. The Balaban J connectivity index is 2.94. The molecule has 0 saturated carbocycles. The summed E-state index contributed by atoms with van der Waals surface area (Å²) in [6, 6.07) is 2.43. The van der Waals surface area contributed by atoms with Crippen molar-refractivity contribution in [3.8, 4) is 0 Å². The van der Waals surface area contributed by atoms with Crippen molar-refractivity contribution in [2.45, 2.75) is 18.3 Å². The van der Waals surface area contributed by atoms with Gasteiger partial charge in [-0.2, -0.15) is 13.2 Å². The van der Waals surface area contributed by atoms with Crippen molar-refractivity contribution in [3.05, 3.63) is 35.4 Å². The molecule has 0 fully saturated rings. The lowest BCUT2D eigenvalue weighted by Crippen LogP contribution is -2.39. The quantitative estimate of drug-likeness (QED) is 0.768. The highest BCUT2D eigenvalue weighted by atomic mass is 19.4. The fourth-order valence-electron chi connectivity index (χ4n) is 1.48. The molecule has 0 bridgehead atoms. The van der Waals surface area contributed by atoms with Gasteiger partial charge in [0.2, 0.25) is 0 Å². The van der Waals surface area contributed by atoms with Gasteiger partial charge in [-0.15, -0.1) is 0 Å². The maximum absolute atomic E-state index is 12.3. The van der Waals surface area contributed by atoms with Crippen molar-refractivity contribution in [1.29, 1.82) is 0 Å². The van der Waals surface area contributed by atoms with Crippen LogP contribution in [-0.4, -0.2) is 29.3 Å². The predicted octanol–water partition coefficient (Wildman–Crippen LogP) is 1.41. The highest BCUT2D eigenvalue weighted by molar-refractivity contribution is 5.74. The summed E-state index contributed by atoms with van der Waals surface area (Å²) in [4.78, 5) is 10.8. The molecule has 100 valence electrons. The van der Waals surface area contributed by atoms with Crippen LogP contribution in [0.5, 0.6) is 0 Å². The van der Waals surface area contributed by atoms with Crippen LogP contribution < -0.4 is 5.32 Å². The zero-order chi connectivity index (χ0) is 13.9. The molecule has 0 heterocycles. The molecule has 0 aliphatic rings. The van der Waals surface area contributed by atoms with Crippen LogP contribution in [0.3, 0.4) is 0 Å². The number of carbonyl (C=O) groups is 1. The van der Waals surface area contributed by atoms with E-state index in [4.69, 9.17) is 5.11 Å². The Kier molecular flexibility index (Phi) is 4.31. The van der Waals surface area contributed by atoms with Crippen LogP contribution in [0.2, 0.25) is 0 Å². The summed E-state index contributed by atoms with van der Waals surface area (Å²) in [6.07, 6.45) is -5.88. The van der Waals surface area contributed by atoms with E-state index in [0.717, 1.165) is 24.3 Å². The number of aliphatic hydroxyl groups is 1. The molecule has 1 rings (SSSR count). The van der Waals surface area contributed by atoms with Gasteiger partial charge in [0.05, 0.1) is 5.56 Å². The van der Waals surface area contributed by atoms with Crippen molar-refractivity contribution in [2.75, 3.05) is 7.05 Å². The summed E-state index contributed by atoms with van der Waals surface area (Å²) in [5, 5.41) is 20.9. The van der Waals surface area contributed by atoms with E-state index in [1.165, 1.54) is 7.05 Å². The molecular weight excluding hydrogens is 251 g/mol. The maximum atomic E-state index is 12.3. The van der Waals surface area contributed by atoms with Crippen LogP contribution >= 0.6 is 0 Å². The Morgan fingerprint density at radius 1 is 1.28 bits per heavy atom. The number of rotatable bonds is 4. The number of halogens is 3. The molecule has 18 heavy (non-hydrogen) atoms. The van der Waals surface area contributed by atoms with Crippen LogP contribution in [0, 0.1) is 0 Å². The van der Waals surface area contributed by atoms with Gasteiger partial charge in [0.15, 0.2) is 0 Å². The molecule has 0 saturated heterocycles. The molecule has 3 N–H and O–H groups in total. The second-order valence-electron chi connectivity index (χ2n) is 3.67. The summed E-state index contributed by atoms with van der Waals surface area (Å²) in [5.74, 6) is -1.29. The summed E-state index contributed by atoms with van der Waals surface area (Å²) in [6.45, 7) is 0. The van der Waals surface area contributed by atoms with Gasteiger partial charge in [-0.05, 0) is 24.7 Å². The fraction of sp³-hybridized carbons (Fsp3) is 0.364. The highest BCUT2D eigenvalue weighted by Gasteiger charge is 2.31. The predicted molar refractivity (Wildman–Crippen MR) is 56.9 cm³/mol. The van der Waals surface area contributed by atoms with Crippen LogP contribution in [-0.2, 0) is 11.0 Å². The van der Waals surface area contributed by atoms with E-state index >= 15 is 0 Å². The van der Waals surface area contributed by atoms with Gasteiger partial charge in [0.1, 0.15) is 12.1 Å². The molecule has 2 atom stereocenters. The van der Waals surface area contributed by atoms with Gasteiger partial charge >= 0.3 is 12.1 Å². The van der Waals surface area contributed by atoms with E-state index in [-0.39, 0.29) is 5.56 Å². The van der Waals surface area contributed by atoms with Gasteiger partial charge in [-0.25, -0.2) is 0 Å². The van der Waals surface area contributed by atoms with E-state index in [9.17, 15) is 23.1 Å². The van der Waals surface area contributed by atoms with Crippen molar-refractivity contribution >= 4 is 5.97 Å². The third-order valence-electron chi connectivity index (χ3n) is 2.47. The summed E-state index contributed by atoms with van der Waals surface area (Å²) in [5.41, 5.74) is -0.750. The van der Waals surface area contributed by atoms with E-state index in [0.29, 0.717) is 0 Å². The average molecular weight is 263 g/mol. The molecular formula is C11H12F3NO3. The zero-order valence-corrected chi connectivity index (χ0v) is 9.40. The molecule has 0 aliphatic heterocycles. The number of aliphatic carboxylic acids is 1. The first-order valence-corrected chi connectivity index (χ1v) is 5.02. The second-order valence-corrected chi connectivity index (χ2v) is 3.67. The Hall–Kier alpha value is -1.60. The van der Waals surface area contributed by atoms with E-state index in [2.05, 4.69) is 5.32 Å². The maximum Gasteiger partial charge on any atom is 0.416 e. The minimum absolute atomic E-state index is 0.102. The number of nitrogens with one attached hydrogen (secondary N) is 1. The number of hydrogen-bond donors (Lipinski definition) is 3. The summed E-state index contributed by atoms with van der Waals surface area (Å²) < 4.78 is 36.9. The molecule has 0 spiro atoms. The number of benzene rings is 1. The number of aliphatic hydroxyl groups excluding tert-OH is 1. The molecule has 0 aliphatic carbocycles. The average Bonchev–Trinajstić information content (AvgIpc) is 2.28. The summed E-state index contributed by atoms with van der Waals surface area (Å²) >= 11 is 0. The lowest BCUT2D eigenvalue weighted by atomic mass is 10.0. The smallest absolute Gasteiger partial charge is 0.416 e. The van der Waals surface area contributed by atoms with Crippen LogP contribution in [0.1, 0.15) is 17.2 Å². The first-order chi connectivity index (χ1) is 8.27. The minimum atomic E-state index is -4.46. The summed E-state index contributed by atoms with van der Waals surface area (Å²) in [7, 11) is 1.34. The van der Waals surface area contributed by atoms with Crippen molar-refractivity contribution in [1.82, 2.24) is 5.32 Å². The van der Waals surface area contributed by atoms with Gasteiger partial charge in [0, 0.05) is 0 Å². The van der Waals surface area contributed by atoms with Gasteiger partial charge in [-0.3, -0.25) is 4.79 Å². The lowest BCUT2D eigenvalue weighted by molar-refractivity contribution is -0.142. The third-order valence-corrected chi connectivity index (χ3v) is 2.47.